The van der Waals surface area contributed by atoms with Gasteiger partial charge < -0.3 is 85.0 Å². The molecule has 12 rings (SSSR count). The van der Waals surface area contributed by atoms with Crippen LogP contribution in [0.4, 0.5) is 0 Å². The maximum Gasteiger partial charge on any atom is 0.205 e. The fraction of sp³-hybridized carbons (Fsp3) is 0.143. The maximum absolute atomic E-state index is 12.4. The van der Waals surface area contributed by atoms with Crippen LogP contribution in [0.3, 0.4) is 0 Å². The fourth-order valence-corrected chi connectivity index (χ4v) is 10.8. The number of aryl methyl sites for hydroxylation is 1. The molecule has 0 bridgehead atoms. The van der Waals surface area contributed by atoms with Crippen molar-refractivity contribution in [2.75, 3.05) is 35.0 Å². The molecule has 0 heterocycles. The number of phenols is 12. The molecule has 0 radical (unpaired) electrons. The monoisotopic (exact) mass is 1550 g/mol. The number of methoxy groups -OCH3 is 4. The van der Waals surface area contributed by atoms with Crippen molar-refractivity contribution in [3.8, 4) is 97.7 Å². The minimum absolute atomic E-state index is 0.0377. The lowest BCUT2D eigenvalue weighted by Gasteiger charge is -2.09. The molecular formula is C91H86O23. The van der Waals surface area contributed by atoms with Crippen LogP contribution < -0.4 is 23.7 Å². The Morgan fingerprint density at radius 2 is 0.588 bits per heavy atom. The van der Waals surface area contributed by atoms with Crippen molar-refractivity contribution < 1.29 is 114 Å². The van der Waals surface area contributed by atoms with E-state index < -0.39 is 46.1 Å². The van der Waals surface area contributed by atoms with Gasteiger partial charge >= 0.3 is 0 Å². The normalized spacial score (nSPS) is 10.2. The van der Waals surface area contributed by atoms with Gasteiger partial charge in [0.25, 0.3) is 0 Å². The standard InChI is InChI=1S/C21H26O3.C15H14O5.C15H14O3.C14H12O4.C13H10O5.C13H10O3/c1-2-3-4-5-6-10-15-24-18-13-14-19(20(22)16-18)21(23)17-11-8-7-9-12-17;1-19-9-3-5-11(13(16)7-9)15(18)12-6-4-10(20-2)8-14(12)17;1-10-3-5-11(6-4-10)15(17)13-8-7-12(18-2)9-14(13)16;1-18-11-8-7-10(13(16)14(11)17)12(15)9-5-3-2-4-6-9;14-9-6-8(11(16)13(18)12(9)17)10(15)7-4-2-1-3-5-7;14-10-6-7-11(12(15)8-10)13(16)9-4-2-1-3-5-9/h7-9,11-14,16,22H,2-6,10,15H2,1H3;3-8,16-17H,1-2H3;3-9,16H,1-2H3;2-8,16-17H,1H3;1-6,14,16-18H;1-8,14-15H. The highest BCUT2D eigenvalue weighted by atomic mass is 16.5. The van der Waals surface area contributed by atoms with E-state index in [9.17, 15) is 84.9 Å². The van der Waals surface area contributed by atoms with Crippen molar-refractivity contribution in [1.82, 2.24) is 0 Å². The summed E-state index contributed by atoms with van der Waals surface area (Å²) in [6.45, 7) is 4.80. The number of hydrogen-bond acceptors (Lipinski definition) is 23. The lowest BCUT2D eigenvalue weighted by molar-refractivity contribution is 0.102. The molecule has 0 saturated heterocycles. The topological polar surface area (TPSA) is 391 Å². The fourth-order valence-electron chi connectivity index (χ4n) is 10.8. The second-order valence-corrected chi connectivity index (χ2v) is 25.0. The molecule has 114 heavy (non-hydrogen) atoms. The van der Waals surface area contributed by atoms with Crippen LogP contribution in [0.2, 0.25) is 0 Å². The van der Waals surface area contributed by atoms with Gasteiger partial charge in [-0.1, -0.05) is 190 Å². The number of hydrogen-bond donors (Lipinski definition) is 12. The molecule has 588 valence electrons. The van der Waals surface area contributed by atoms with Gasteiger partial charge in [-0.2, -0.15) is 0 Å². The number of rotatable bonds is 24. The molecule has 0 saturated carbocycles. The highest BCUT2D eigenvalue weighted by Gasteiger charge is 2.24. The average molecular weight is 1550 g/mol. The number of ketones is 6. The molecule has 23 nitrogen and oxygen atoms in total. The van der Waals surface area contributed by atoms with Crippen LogP contribution in [0, 0.1) is 6.92 Å². The van der Waals surface area contributed by atoms with Gasteiger partial charge in [-0.3, -0.25) is 28.8 Å². The van der Waals surface area contributed by atoms with E-state index in [0.29, 0.717) is 57.4 Å². The molecule has 12 aromatic rings. The van der Waals surface area contributed by atoms with Crippen LogP contribution in [0.15, 0.2) is 255 Å². The Morgan fingerprint density at radius 3 is 0.974 bits per heavy atom. The molecule has 0 amide bonds. The van der Waals surface area contributed by atoms with Crippen LogP contribution >= 0.6 is 0 Å². The molecule has 12 N–H and O–H groups in total. The molecule has 0 aliphatic heterocycles. The Balaban J connectivity index is 0.000000190. The van der Waals surface area contributed by atoms with Crippen LogP contribution in [0.1, 0.15) is 147 Å². The third kappa shape index (κ3) is 23.9. The molecule has 12 aromatic carbocycles. The highest BCUT2D eigenvalue weighted by Crippen LogP contribution is 2.45. The van der Waals surface area contributed by atoms with Crippen molar-refractivity contribution in [2.45, 2.75) is 52.4 Å². The van der Waals surface area contributed by atoms with Crippen molar-refractivity contribution in [3.63, 3.8) is 0 Å². The Bertz CT molecular complexity index is 5190. The predicted octanol–water partition coefficient (Wildman–Crippen LogP) is 17.1. The highest BCUT2D eigenvalue weighted by molar-refractivity contribution is 6.14. The van der Waals surface area contributed by atoms with Crippen LogP contribution in [-0.2, 0) is 0 Å². The van der Waals surface area contributed by atoms with E-state index in [1.54, 1.807) is 133 Å². The van der Waals surface area contributed by atoms with E-state index in [1.165, 1.54) is 127 Å². The van der Waals surface area contributed by atoms with Crippen molar-refractivity contribution >= 4 is 34.7 Å². The number of aromatic hydroxyl groups is 12. The van der Waals surface area contributed by atoms with Gasteiger partial charge in [-0.05, 0) is 92.2 Å². The second kappa shape index (κ2) is 42.9. The van der Waals surface area contributed by atoms with Gasteiger partial charge in [0.1, 0.15) is 57.5 Å². The van der Waals surface area contributed by atoms with Gasteiger partial charge in [-0.25, -0.2) is 0 Å². The number of ether oxygens (including phenoxy) is 5. The largest absolute Gasteiger partial charge is 0.508 e. The van der Waals surface area contributed by atoms with Gasteiger partial charge in [-0.15, -0.1) is 0 Å². The van der Waals surface area contributed by atoms with Gasteiger partial charge in [0.05, 0.1) is 74.0 Å². The summed E-state index contributed by atoms with van der Waals surface area (Å²) in [4.78, 5) is 72.9. The first kappa shape index (κ1) is 86.5. The van der Waals surface area contributed by atoms with Crippen molar-refractivity contribution in [1.29, 1.82) is 0 Å². The zero-order valence-corrected chi connectivity index (χ0v) is 63.1. The summed E-state index contributed by atoms with van der Waals surface area (Å²) in [5.74, 6) is -4.85. The lowest BCUT2D eigenvalue weighted by Crippen LogP contribution is -2.02. The summed E-state index contributed by atoms with van der Waals surface area (Å²) >= 11 is 0. The maximum atomic E-state index is 12.4. The predicted molar refractivity (Wildman–Crippen MR) is 428 cm³/mol. The first-order valence-corrected chi connectivity index (χ1v) is 35.4. The molecule has 0 unspecified atom stereocenters. The summed E-state index contributed by atoms with van der Waals surface area (Å²) in [5.41, 5.74) is 4.14. The molecule has 0 aliphatic rings. The zero-order chi connectivity index (χ0) is 83.0. The number of carbonyl (C=O) groups excluding carboxylic acids is 6. The summed E-state index contributed by atoms with van der Waals surface area (Å²) in [6.07, 6.45) is 7.25. The first-order valence-electron chi connectivity index (χ1n) is 35.4. The average Bonchev–Trinajstić information content (AvgIpc) is 0.798. The molecule has 23 heteroatoms. The third-order valence-electron chi connectivity index (χ3n) is 17.1. The summed E-state index contributed by atoms with van der Waals surface area (Å²) < 4.78 is 25.4. The number of benzene rings is 12. The summed E-state index contributed by atoms with van der Waals surface area (Å²) in [5, 5.41) is 115. The Labute approximate surface area is 657 Å². The van der Waals surface area contributed by atoms with Gasteiger partial charge in [0, 0.05) is 58.1 Å². The molecule has 0 aliphatic carbocycles. The SMILES string of the molecule is CCCCCCCCOc1ccc(C(=O)c2ccccc2)c(O)c1.COc1ccc(C(=O)c2ccc(C)cc2)c(O)c1.COc1ccc(C(=O)c2ccc(OC)cc2O)c(O)c1.COc1ccc(C(=O)c2ccccc2)c(O)c1O.O=C(c1ccccc1)c1cc(O)c(O)c(O)c1O.O=C(c1ccccc1)c1ccc(O)cc1O. The van der Waals surface area contributed by atoms with E-state index in [-0.39, 0.29) is 102 Å². The Hall–Kier alpha value is -14.7. The quantitative estimate of drug-likeness (QED) is 0.0116. The summed E-state index contributed by atoms with van der Waals surface area (Å²) in [7, 11) is 5.81. The van der Waals surface area contributed by atoms with Gasteiger partial charge in [0.15, 0.2) is 57.7 Å². The molecule has 0 fully saturated rings. The van der Waals surface area contributed by atoms with Crippen molar-refractivity contribution in [2.24, 2.45) is 0 Å². The number of phenolic OH excluding ortho intramolecular Hbond substituents is 12. The van der Waals surface area contributed by atoms with Crippen LogP contribution in [0.25, 0.3) is 0 Å². The second-order valence-electron chi connectivity index (χ2n) is 25.0. The van der Waals surface area contributed by atoms with E-state index in [1.807, 2.05) is 43.3 Å². The van der Waals surface area contributed by atoms with Gasteiger partial charge in [0.2, 0.25) is 17.2 Å². The third-order valence-corrected chi connectivity index (χ3v) is 17.1. The van der Waals surface area contributed by atoms with E-state index >= 15 is 0 Å². The first-order chi connectivity index (χ1) is 54.7. The van der Waals surface area contributed by atoms with Crippen LogP contribution in [-0.4, -0.2) is 131 Å². The molecule has 0 spiro atoms. The zero-order valence-electron chi connectivity index (χ0n) is 63.1. The van der Waals surface area contributed by atoms with E-state index in [2.05, 4.69) is 6.92 Å². The van der Waals surface area contributed by atoms with E-state index in [0.717, 1.165) is 30.5 Å². The molecular weight excluding hydrogens is 1460 g/mol. The van der Waals surface area contributed by atoms with Crippen molar-refractivity contribution in [3.05, 3.63) is 327 Å². The number of unbranched alkanes of at least 4 members (excludes halogenated alkanes) is 5. The Kier molecular flexibility index (Phi) is 32.5. The number of carbonyl (C=O) groups is 6. The summed E-state index contributed by atoms with van der Waals surface area (Å²) in [6, 6.07) is 67.4. The molecule has 0 aromatic heterocycles. The van der Waals surface area contributed by atoms with Crippen LogP contribution in [0.5, 0.6) is 97.7 Å². The minimum atomic E-state index is -0.922. The Morgan fingerprint density at radius 1 is 0.263 bits per heavy atom. The minimum Gasteiger partial charge on any atom is -0.508 e. The lowest BCUT2D eigenvalue weighted by atomic mass is 10.0. The van der Waals surface area contributed by atoms with E-state index in [4.69, 9.17) is 28.8 Å². The smallest absolute Gasteiger partial charge is 0.205 e. The molecule has 0 atom stereocenters.